The number of benzene rings is 2. The molecule has 0 aromatic heterocycles. The normalized spacial score (nSPS) is 11.4. The van der Waals surface area contributed by atoms with Crippen molar-refractivity contribution in [2.45, 2.75) is 17.9 Å². The lowest BCUT2D eigenvalue weighted by Crippen LogP contribution is -2.26. The van der Waals surface area contributed by atoms with E-state index in [2.05, 4.69) is 4.72 Å². The Morgan fingerprint density at radius 1 is 1.12 bits per heavy atom. The van der Waals surface area contributed by atoms with Gasteiger partial charge in [0, 0.05) is 24.9 Å². The second-order valence-electron chi connectivity index (χ2n) is 5.20. The summed E-state index contributed by atoms with van der Waals surface area (Å²) in [5, 5.41) is 0. The number of methoxy groups -OCH3 is 1. The highest BCUT2D eigenvalue weighted by Crippen LogP contribution is 2.25. The maximum atomic E-state index is 12.3. The molecule has 0 aliphatic carbocycles. The number of ether oxygens (including phenoxy) is 2. The van der Waals surface area contributed by atoms with E-state index in [1.807, 2.05) is 30.3 Å². The average molecular weight is 350 g/mol. The predicted octanol–water partition coefficient (Wildman–Crippen LogP) is 2.16. The van der Waals surface area contributed by atoms with E-state index < -0.39 is 10.0 Å². The Morgan fingerprint density at radius 2 is 1.88 bits per heavy atom. The first-order valence-electron chi connectivity index (χ1n) is 7.58. The van der Waals surface area contributed by atoms with Crippen LogP contribution in [0.3, 0.4) is 0 Å². The van der Waals surface area contributed by atoms with Gasteiger partial charge in [-0.15, -0.1) is 0 Å². The van der Waals surface area contributed by atoms with Gasteiger partial charge < -0.3 is 15.2 Å². The molecule has 0 saturated heterocycles. The Hall–Kier alpha value is -2.09. The van der Waals surface area contributed by atoms with Crippen molar-refractivity contribution in [1.82, 2.24) is 4.72 Å². The highest BCUT2D eigenvalue weighted by Gasteiger charge is 2.18. The molecule has 2 aromatic carbocycles. The third kappa shape index (κ3) is 5.23. The number of hydrogen-bond donors (Lipinski definition) is 2. The van der Waals surface area contributed by atoms with Crippen molar-refractivity contribution in [3.8, 4) is 5.75 Å². The Bertz CT molecular complexity index is 748. The second-order valence-corrected chi connectivity index (χ2v) is 6.94. The molecule has 24 heavy (non-hydrogen) atoms. The molecular weight excluding hydrogens is 328 g/mol. The first-order chi connectivity index (χ1) is 11.5. The first kappa shape index (κ1) is 18.3. The molecule has 0 radical (unpaired) electrons. The molecule has 0 aliphatic rings. The highest BCUT2D eigenvalue weighted by molar-refractivity contribution is 7.89. The van der Waals surface area contributed by atoms with Gasteiger partial charge in [0.25, 0.3) is 0 Å². The molecule has 0 amide bonds. The van der Waals surface area contributed by atoms with Crippen LogP contribution < -0.4 is 15.2 Å². The van der Waals surface area contributed by atoms with E-state index in [-0.39, 0.29) is 17.2 Å². The summed E-state index contributed by atoms with van der Waals surface area (Å²) in [5.41, 5.74) is 7.17. The maximum absolute atomic E-state index is 12.3. The molecule has 0 saturated carbocycles. The van der Waals surface area contributed by atoms with E-state index in [4.69, 9.17) is 15.2 Å². The van der Waals surface area contributed by atoms with Crippen LogP contribution in [-0.2, 0) is 21.4 Å². The first-order valence-corrected chi connectivity index (χ1v) is 9.06. The van der Waals surface area contributed by atoms with Crippen LogP contribution in [0.2, 0.25) is 0 Å². The molecule has 3 N–H and O–H groups in total. The van der Waals surface area contributed by atoms with E-state index in [0.717, 1.165) is 5.56 Å². The predicted molar refractivity (Wildman–Crippen MR) is 93.3 cm³/mol. The Kier molecular flexibility index (Phi) is 6.60. The molecule has 6 nitrogen and oxygen atoms in total. The third-order valence-corrected chi connectivity index (χ3v) is 4.85. The SMILES string of the molecule is COc1cc(N)ccc1S(=O)(=O)NCCCOCc1ccccc1. The zero-order chi connectivity index (χ0) is 17.4. The van der Waals surface area contributed by atoms with Crippen LogP contribution in [0.25, 0.3) is 0 Å². The van der Waals surface area contributed by atoms with Crippen molar-refractivity contribution in [3.63, 3.8) is 0 Å². The van der Waals surface area contributed by atoms with E-state index in [0.29, 0.717) is 25.3 Å². The summed E-state index contributed by atoms with van der Waals surface area (Å²) < 4.78 is 37.8. The highest BCUT2D eigenvalue weighted by atomic mass is 32.2. The van der Waals surface area contributed by atoms with Gasteiger partial charge in [0.15, 0.2) is 0 Å². The summed E-state index contributed by atoms with van der Waals surface area (Å²) in [6.45, 7) is 1.26. The minimum Gasteiger partial charge on any atom is -0.495 e. The molecule has 2 aromatic rings. The summed E-state index contributed by atoms with van der Waals surface area (Å²) in [6.07, 6.45) is 0.573. The van der Waals surface area contributed by atoms with Crippen molar-refractivity contribution in [3.05, 3.63) is 54.1 Å². The number of anilines is 1. The van der Waals surface area contributed by atoms with Crippen molar-refractivity contribution in [2.75, 3.05) is 26.0 Å². The van der Waals surface area contributed by atoms with Gasteiger partial charge in [-0.25, -0.2) is 13.1 Å². The number of nitrogens with two attached hydrogens (primary N) is 1. The number of hydrogen-bond acceptors (Lipinski definition) is 5. The van der Waals surface area contributed by atoms with Crippen molar-refractivity contribution >= 4 is 15.7 Å². The fourth-order valence-corrected chi connectivity index (χ4v) is 3.35. The zero-order valence-electron chi connectivity index (χ0n) is 13.6. The fraction of sp³-hybridized carbons (Fsp3) is 0.294. The molecule has 0 fully saturated rings. The molecule has 0 atom stereocenters. The molecule has 2 rings (SSSR count). The molecule has 0 unspecified atom stereocenters. The van der Waals surface area contributed by atoms with Crippen LogP contribution in [0, 0.1) is 0 Å². The van der Waals surface area contributed by atoms with Crippen LogP contribution in [0.1, 0.15) is 12.0 Å². The number of sulfonamides is 1. The maximum Gasteiger partial charge on any atom is 0.244 e. The minimum absolute atomic E-state index is 0.0735. The third-order valence-electron chi connectivity index (χ3n) is 3.35. The van der Waals surface area contributed by atoms with Crippen molar-refractivity contribution in [2.24, 2.45) is 0 Å². The van der Waals surface area contributed by atoms with Crippen LogP contribution in [0.15, 0.2) is 53.4 Å². The van der Waals surface area contributed by atoms with Gasteiger partial charge in [0.2, 0.25) is 10.0 Å². The van der Waals surface area contributed by atoms with E-state index in [1.54, 1.807) is 0 Å². The summed E-state index contributed by atoms with van der Waals surface area (Å²) in [6, 6.07) is 14.3. The van der Waals surface area contributed by atoms with Gasteiger partial charge >= 0.3 is 0 Å². The van der Waals surface area contributed by atoms with E-state index in [9.17, 15) is 8.42 Å². The standard InChI is InChI=1S/C17H22N2O4S/c1-22-16-12-15(18)8-9-17(16)24(20,21)19-10-5-11-23-13-14-6-3-2-4-7-14/h2-4,6-9,12,19H,5,10-11,13,18H2,1H3. The average Bonchev–Trinajstić information content (AvgIpc) is 2.58. The monoisotopic (exact) mass is 350 g/mol. The zero-order valence-corrected chi connectivity index (χ0v) is 14.4. The van der Waals surface area contributed by atoms with Crippen LogP contribution in [0.4, 0.5) is 5.69 Å². The lowest BCUT2D eigenvalue weighted by Gasteiger charge is -2.11. The smallest absolute Gasteiger partial charge is 0.244 e. The molecule has 0 spiro atoms. The molecule has 0 bridgehead atoms. The molecule has 130 valence electrons. The largest absolute Gasteiger partial charge is 0.495 e. The summed E-state index contributed by atoms with van der Waals surface area (Å²) in [7, 11) is -2.24. The van der Waals surface area contributed by atoms with Gasteiger partial charge in [-0.1, -0.05) is 30.3 Å². The number of nitrogen functional groups attached to an aromatic ring is 1. The number of rotatable bonds is 9. The van der Waals surface area contributed by atoms with E-state index >= 15 is 0 Å². The fourth-order valence-electron chi connectivity index (χ4n) is 2.13. The quantitative estimate of drug-likeness (QED) is 0.534. The molecular formula is C17H22N2O4S. The topological polar surface area (TPSA) is 90.7 Å². The lowest BCUT2D eigenvalue weighted by atomic mass is 10.2. The summed E-state index contributed by atoms with van der Waals surface area (Å²) >= 11 is 0. The number of nitrogens with one attached hydrogen (secondary N) is 1. The summed E-state index contributed by atoms with van der Waals surface area (Å²) in [4.78, 5) is 0.0735. The Morgan fingerprint density at radius 3 is 2.58 bits per heavy atom. The Balaban J connectivity index is 1.79. The van der Waals surface area contributed by atoms with Gasteiger partial charge in [-0.3, -0.25) is 0 Å². The second kappa shape index (κ2) is 8.68. The van der Waals surface area contributed by atoms with Gasteiger partial charge in [-0.05, 0) is 24.1 Å². The minimum atomic E-state index is -3.65. The van der Waals surface area contributed by atoms with Crippen molar-refractivity contribution in [1.29, 1.82) is 0 Å². The van der Waals surface area contributed by atoms with Gasteiger partial charge in [0.05, 0.1) is 13.7 Å². The van der Waals surface area contributed by atoms with Gasteiger partial charge in [0.1, 0.15) is 10.6 Å². The lowest BCUT2D eigenvalue weighted by molar-refractivity contribution is 0.119. The van der Waals surface area contributed by atoms with Gasteiger partial charge in [-0.2, -0.15) is 0 Å². The molecule has 0 aliphatic heterocycles. The Labute approximate surface area is 142 Å². The molecule has 0 heterocycles. The molecule has 7 heteroatoms. The van der Waals surface area contributed by atoms with Crippen LogP contribution in [0.5, 0.6) is 5.75 Å². The van der Waals surface area contributed by atoms with E-state index in [1.165, 1.54) is 25.3 Å². The van der Waals surface area contributed by atoms with Crippen LogP contribution in [-0.4, -0.2) is 28.7 Å². The van der Waals surface area contributed by atoms with Crippen molar-refractivity contribution < 1.29 is 17.9 Å². The summed E-state index contributed by atoms with van der Waals surface area (Å²) in [5.74, 6) is 0.225. The van der Waals surface area contributed by atoms with Crippen LogP contribution >= 0.6 is 0 Å².